The van der Waals surface area contributed by atoms with Crippen molar-refractivity contribution in [2.24, 2.45) is 5.73 Å². The van der Waals surface area contributed by atoms with Crippen LogP contribution < -0.4 is 11.1 Å². The molecule has 0 saturated carbocycles. The van der Waals surface area contributed by atoms with Crippen LogP contribution in [0.15, 0.2) is 36.3 Å². The lowest BCUT2D eigenvalue weighted by atomic mass is 10.1. The van der Waals surface area contributed by atoms with E-state index < -0.39 is 0 Å². The average Bonchev–Trinajstić information content (AvgIpc) is 2.46. The summed E-state index contributed by atoms with van der Waals surface area (Å²) in [7, 11) is 0. The summed E-state index contributed by atoms with van der Waals surface area (Å²) >= 11 is 0. The molecule has 1 amide bonds. The highest BCUT2D eigenvalue weighted by molar-refractivity contribution is 5.91. The molecule has 1 aliphatic rings. The Balaban J connectivity index is 1.86. The summed E-state index contributed by atoms with van der Waals surface area (Å²) in [5.74, 6) is -0.0440. The van der Waals surface area contributed by atoms with Gasteiger partial charge >= 0.3 is 0 Å². The number of benzene rings is 1. The molecule has 0 unspecified atom stereocenters. The van der Waals surface area contributed by atoms with Crippen LogP contribution in [-0.4, -0.2) is 19.1 Å². The van der Waals surface area contributed by atoms with E-state index in [2.05, 4.69) is 5.32 Å². The number of amides is 1. The maximum absolute atomic E-state index is 11.7. The first-order valence-corrected chi connectivity index (χ1v) is 5.80. The zero-order valence-corrected chi connectivity index (χ0v) is 10.0. The molecule has 0 spiro atoms. The summed E-state index contributed by atoms with van der Waals surface area (Å²) in [4.78, 5) is 11.7. The molecule has 0 saturated heterocycles. The molecule has 1 aromatic carbocycles. The van der Waals surface area contributed by atoms with Crippen molar-refractivity contribution in [3.63, 3.8) is 0 Å². The van der Waals surface area contributed by atoms with Gasteiger partial charge in [-0.3, -0.25) is 4.79 Å². The van der Waals surface area contributed by atoms with Crippen LogP contribution in [0.4, 0.5) is 0 Å². The maximum atomic E-state index is 11.7. The van der Waals surface area contributed by atoms with E-state index in [1.165, 1.54) is 6.26 Å². The van der Waals surface area contributed by atoms with E-state index in [-0.39, 0.29) is 11.7 Å². The number of ether oxygens (including phenoxy) is 2. The molecule has 96 valence electrons. The highest BCUT2D eigenvalue weighted by Gasteiger charge is 2.14. The second-order valence-electron chi connectivity index (χ2n) is 3.90. The number of hydrogen-bond donors (Lipinski definition) is 2. The van der Waals surface area contributed by atoms with E-state index in [0.29, 0.717) is 26.3 Å². The van der Waals surface area contributed by atoms with Crippen LogP contribution in [0.1, 0.15) is 11.1 Å². The van der Waals surface area contributed by atoms with Crippen LogP contribution >= 0.6 is 0 Å². The zero-order valence-electron chi connectivity index (χ0n) is 10.0. The van der Waals surface area contributed by atoms with Gasteiger partial charge in [-0.05, 0) is 11.1 Å². The number of hydrogen-bond acceptors (Lipinski definition) is 4. The van der Waals surface area contributed by atoms with Gasteiger partial charge in [0, 0.05) is 13.1 Å². The molecule has 1 aromatic rings. The number of carbonyl (C=O) groups is 1. The first-order valence-electron chi connectivity index (χ1n) is 5.80. The van der Waals surface area contributed by atoms with E-state index in [1.807, 2.05) is 24.3 Å². The van der Waals surface area contributed by atoms with Crippen molar-refractivity contribution in [1.82, 2.24) is 5.32 Å². The minimum Gasteiger partial charge on any atom is -0.494 e. The Labute approximate surface area is 106 Å². The topological polar surface area (TPSA) is 73.6 Å². The number of nitrogens with one attached hydrogen (secondary N) is 1. The van der Waals surface area contributed by atoms with E-state index in [1.54, 1.807) is 0 Å². The SMILES string of the molecule is NCc1ccc(CNC(=O)C2=COCCO2)cc1. The average molecular weight is 248 g/mol. The van der Waals surface area contributed by atoms with E-state index in [9.17, 15) is 4.79 Å². The summed E-state index contributed by atoms with van der Waals surface area (Å²) < 4.78 is 10.2. The Morgan fingerprint density at radius 2 is 1.94 bits per heavy atom. The van der Waals surface area contributed by atoms with Crippen molar-refractivity contribution < 1.29 is 14.3 Å². The fourth-order valence-electron chi connectivity index (χ4n) is 1.55. The lowest BCUT2D eigenvalue weighted by Gasteiger charge is -2.15. The van der Waals surface area contributed by atoms with Gasteiger partial charge in [0.2, 0.25) is 5.76 Å². The lowest BCUT2D eigenvalue weighted by molar-refractivity contribution is -0.122. The van der Waals surface area contributed by atoms with Gasteiger partial charge in [-0.25, -0.2) is 0 Å². The molecule has 0 radical (unpaired) electrons. The van der Waals surface area contributed by atoms with Crippen molar-refractivity contribution >= 4 is 5.91 Å². The summed E-state index contributed by atoms with van der Waals surface area (Å²) in [6.07, 6.45) is 1.34. The van der Waals surface area contributed by atoms with Crippen LogP contribution in [0.5, 0.6) is 0 Å². The second-order valence-corrected chi connectivity index (χ2v) is 3.90. The summed E-state index contributed by atoms with van der Waals surface area (Å²) in [6, 6.07) is 7.77. The molecule has 1 aliphatic heterocycles. The Hall–Kier alpha value is -2.01. The molecule has 5 heteroatoms. The molecule has 0 bridgehead atoms. The third kappa shape index (κ3) is 3.24. The molecule has 0 fully saturated rings. The lowest BCUT2D eigenvalue weighted by Crippen LogP contribution is -2.28. The second kappa shape index (κ2) is 6.07. The third-order valence-corrected chi connectivity index (χ3v) is 2.58. The fraction of sp³-hybridized carbons (Fsp3) is 0.308. The minimum absolute atomic E-state index is 0.222. The Morgan fingerprint density at radius 1 is 1.22 bits per heavy atom. The van der Waals surface area contributed by atoms with Crippen molar-refractivity contribution in [1.29, 1.82) is 0 Å². The normalized spacial score (nSPS) is 14.2. The fourth-order valence-corrected chi connectivity index (χ4v) is 1.55. The molecule has 0 aliphatic carbocycles. The van der Waals surface area contributed by atoms with E-state index in [0.717, 1.165) is 11.1 Å². The van der Waals surface area contributed by atoms with Gasteiger partial charge in [-0.1, -0.05) is 24.3 Å². The van der Waals surface area contributed by atoms with Crippen LogP contribution in [0.3, 0.4) is 0 Å². The summed E-state index contributed by atoms with van der Waals surface area (Å²) in [5, 5.41) is 2.76. The molecule has 3 N–H and O–H groups in total. The van der Waals surface area contributed by atoms with Crippen LogP contribution in [0.2, 0.25) is 0 Å². The number of rotatable bonds is 4. The maximum Gasteiger partial charge on any atom is 0.289 e. The van der Waals surface area contributed by atoms with Crippen molar-refractivity contribution in [2.45, 2.75) is 13.1 Å². The molecule has 2 rings (SSSR count). The van der Waals surface area contributed by atoms with Gasteiger partial charge in [0.15, 0.2) is 0 Å². The highest BCUT2D eigenvalue weighted by Crippen LogP contribution is 2.06. The van der Waals surface area contributed by atoms with Gasteiger partial charge < -0.3 is 20.5 Å². The summed E-state index contributed by atoms with van der Waals surface area (Å²) in [5.41, 5.74) is 7.59. The van der Waals surface area contributed by atoms with Gasteiger partial charge in [0.1, 0.15) is 19.5 Å². The van der Waals surface area contributed by atoms with Gasteiger partial charge in [0.25, 0.3) is 5.91 Å². The van der Waals surface area contributed by atoms with Crippen molar-refractivity contribution in [3.8, 4) is 0 Å². The van der Waals surface area contributed by atoms with Crippen LogP contribution in [-0.2, 0) is 27.4 Å². The predicted molar refractivity (Wildman–Crippen MR) is 66.2 cm³/mol. The van der Waals surface area contributed by atoms with Crippen molar-refractivity contribution in [3.05, 3.63) is 47.4 Å². The standard InChI is InChI=1S/C13H16N2O3/c14-7-10-1-3-11(4-2-10)8-15-13(16)12-9-17-5-6-18-12/h1-4,9H,5-8,14H2,(H,15,16). The van der Waals surface area contributed by atoms with E-state index >= 15 is 0 Å². The molecule has 5 nitrogen and oxygen atoms in total. The van der Waals surface area contributed by atoms with Crippen LogP contribution in [0, 0.1) is 0 Å². The Kier molecular flexibility index (Phi) is 4.20. The Bertz CT molecular complexity index is 440. The van der Waals surface area contributed by atoms with Gasteiger partial charge in [-0.15, -0.1) is 0 Å². The van der Waals surface area contributed by atoms with E-state index in [4.69, 9.17) is 15.2 Å². The molecule has 18 heavy (non-hydrogen) atoms. The summed E-state index contributed by atoms with van der Waals surface area (Å²) in [6.45, 7) is 1.86. The largest absolute Gasteiger partial charge is 0.494 e. The smallest absolute Gasteiger partial charge is 0.289 e. The minimum atomic E-state index is -0.266. The number of carbonyl (C=O) groups excluding carboxylic acids is 1. The first kappa shape index (κ1) is 12.4. The van der Waals surface area contributed by atoms with Crippen molar-refractivity contribution in [2.75, 3.05) is 13.2 Å². The molecular weight excluding hydrogens is 232 g/mol. The quantitative estimate of drug-likeness (QED) is 0.820. The van der Waals surface area contributed by atoms with Gasteiger partial charge in [-0.2, -0.15) is 0 Å². The first-order chi connectivity index (χ1) is 8.79. The monoisotopic (exact) mass is 248 g/mol. The van der Waals surface area contributed by atoms with Gasteiger partial charge in [0.05, 0.1) is 0 Å². The molecule has 1 heterocycles. The third-order valence-electron chi connectivity index (χ3n) is 2.58. The molecule has 0 aromatic heterocycles. The number of nitrogens with two attached hydrogens (primary N) is 1. The predicted octanol–water partition coefficient (Wildman–Crippen LogP) is 0.650. The van der Waals surface area contributed by atoms with Crippen LogP contribution in [0.25, 0.3) is 0 Å². The molecular formula is C13H16N2O3. The zero-order chi connectivity index (χ0) is 12.8. The highest BCUT2D eigenvalue weighted by atomic mass is 16.6. The Morgan fingerprint density at radius 3 is 2.56 bits per heavy atom. The molecule has 0 atom stereocenters.